The molecule has 4 heteroatoms. The molecule has 4 rings (SSSR count). The largest absolute Gasteiger partial charge is 0.356 e. The van der Waals surface area contributed by atoms with Crippen molar-refractivity contribution in [1.29, 1.82) is 0 Å². The lowest BCUT2D eigenvalue weighted by molar-refractivity contribution is 0.183. The lowest BCUT2D eigenvalue weighted by Gasteiger charge is -2.41. The summed E-state index contributed by atoms with van der Waals surface area (Å²) in [7, 11) is 0. The molecule has 1 saturated carbocycles. The quantitative estimate of drug-likeness (QED) is 0.898. The van der Waals surface area contributed by atoms with Crippen molar-refractivity contribution in [1.82, 2.24) is 15.0 Å². The van der Waals surface area contributed by atoms with Crippen molar-refractivity contribution in [2.45, 2.75) is 32.1 Å². The normalized spacial score (nSPS) is 24.6. The average Bonchev–Trinajstić information content (AvgIpc) is 2.85. The molecule has 2 aromatic rings. The summed E-state index contributed by atoms with van der Waals surface area (Å²) in [5.74, 6) is 2.98. The first-order chi connectivity index (χ1) is 9.42. The van der Waals surface area contributed by atoms with E-state index in [0.717, 1.165) is 35.2 Å². The van der Waals surface area contributed by atoms with Gasteiger partial charge in [-0.3, -0.25) is 0 Å². The summed E-state index contributed by atoms with van der Waals surface area (Å²) >= 11 is 0. The molecule has 1 saturated heterocycles. The van der Waals surface area contributed by atoms with Crippen molar-refractivity contribution >= 4 is 16.9 Å². The van der Waals surface area contributed by atoms with Gasteiger partial charge < -0.3 is 9.88 Å². The van der Waals surface area contributed by atoms with Crippen molar-refractivity contribution in [3.05, 3.63) is 18.6 Å². The van der Waals surface area contributed by atoms with Gasteiger partial charge in [0.05, 0.1) is 5.39 Å². The van der Waals surface area contributed by atoms with Crippen LogP contribution in [0.4, 0.5) is 5.82 Å². The average molecular weight is 256 g/mol. The molecule has 0 amide bonds. The predicted octanol–water partition coefficient (Wildman–Crippen LogP) is 2.97. The maximum absolute atomic E-state index is 4.54. The van der Waals surface area contributed by atoms with E-state index in [1.165, 1.54) is 38.6 Å². The van der Waals surface area contributed by atoms with Crippen LogP contribution in [0, 0.1) is 11.8 Å². The van der Waals surface area contributed by atoms with Gasteiger partial charge in [-0.2, -0.15) is 0 Å². The second-order valence-electron chi connectivity index (χ2n) is 5.98. The highest BCUT2D eigenvalue weighted by Gasteiger charge is 2.31. The molecule has 1 atom stereocenters. The Morgan fingerprint density at radius 3 is 2.84 bits per heavy atom. The Morgan fingerprint density at radius 1 is 1.11 bits per heavy atom. The fraction of sp³-hybridized carbons (Fsp3) is 0.600. The molecular weight excluding hydrogens is 236 g/mol. The highest BCUT2D eigenvalue weighted by Crippen LogP contribution is 2.39. The van der Waals surface area contributed by atoms with E-state index in [0.29, 0.717) is 0 Å². The van der Waals surface area contributed by atoms with Gasteiger partial charge in [0, 0.05) is 19.3 Å². The molecule has 1 aliphatic carbocycles. The van der Waals surface area contributed by atoms with E-state index in [1.54, 1.807) is 6.33 Å². The standard InChI is InChI=1S/C15H20N4/c1-3-11(4-1)12-5-2-8-19(9-12)15-13-6-7-16-14(13)17-10-18-15/h6-7,10-12H,1-5,8-9H2,(H,16,17,18). The SMILES string of the molecule is c1nc(N2CCCC(C3CCC3)C2)c2cc[nH]c2n1. The summed E-state index contributed by atoms with van der Waals surface area (Å²) in [6, 6.07) is 2.09. The second-order valence-corrected chi connectivity index (χ2v) is 5.98. The van der Waals surface area contributed by atoms with Crippen molar-refractivity contribution in [3.8, 4) is 0 Å². The summed E-state index contributed by atoms with van der Waals surface area (Å²) < 4.78 is 0. The molecule has 0 aromatic carbocycles. The Hall–Kier alpha value is -1.58. The molecule has 1 unspecified atom stereocenters. The van der Waals surface area contributed by atoms with Gasteiger partial charge in [-0.1, -0.05) is 19.3 Å². The molecule has 4 nitrogen and oxygen atoms in total. The first kappa shape index (κ1) is 11.3. The summed E-state index contributed by atoms with van der Waals surface area (Å²) in [6.07, 6.45) is 10.7. The van der Waals surface area contributed by atoms with Crippen LogP contribution in [0.5, 0.6) is 0 Å². The number of rotatable bonds is 2. The van der Waals surface area contributed by atoms with Crippen LogP contribution < -0.4 is 4.90 Å². The number of nitrogens with one attached hydrogen (secondary N) is 1. The lowest BCUT2D eigenvalue weighted by Crippen LogP contribution is -2.40. The fourth-order valence-electron chi connectivity index (χ4n) is 3.61. The van der Waals surface area contributed by atoms with E-state index < -0.39 is 0 Å². The van der Waals surface area contributed by atoms with Crippen LogP contribution in [0.1, 0.15) is 32.1 Å². The van der Waals surface area contributed by atoms with Gasteiger partial charge in [0.15, 0.2) is 0 Å². The molecule has 0 bridgehead atoms. The molecular formula is C15H20N4. The highest BCUT2D eigenvalue weighted by molar-refractivity contribution is 5.87. The smallest absolute Gasteiger partial charge is 0.142 e. The van der Waals surface area contributed by atoms with Crippen LogP contribution in [0.25, 0.3) is 11.0 Å². The minimum atomic E-state index is 0.881. The van der Waals surface area contributed by atoms with E-state index in [-0.39, 0.29) is 0 Å². The van der Waals surface area contributed by atoms with Gasteiger partial charge in [0.2, 0.25) is 0 Å². The number of H-pyrrole nitrogens is 1. The summed E-state index contributed by atoms with van der Waals surface area (Å²) in [6.45, 7) is 2.32. The molecule has 3 heterocycles. The number of hydrogen-bond donors (Lipinski definition) is 1. The van der Waals surface area contributed by atoms with Gasteiger partial charge in [-0.15, -0.1) is 0 Å². The molecule has 0 spiro atoms. The Kier molecular flexibility index (Phi) is 2.67. The molecule has 0 radical (unpaired) electrons. The van der Waals surface area contributed by atoms with Crippen molar-refractivity contribution in [2.75, 3.05) is 18.0 Å². The molecule has 19 heavy (non-hydrogen) atoms. The van der Waals surface area contributed by atoms with Gasteiger partial charge in [0.25, 0.3) is 0 Å². The van der Waals surface area contributed by atoms with Gasteiger partial charge in [-0.25, -0.2) is 9.97 Å². The second kappa shape index (κ2) is 4.51. The molecule has 2 fully saturated rings. The van der Waals surface area contributed by atoms with Crippen LogP contribution in [0.2, 0.25) is 0 Å². The van der Waals surface area contributed by atoms with Crippen molar-refractivity contribution < 1.29 is 0 Å². The van der Waals surface area contributed by atoms with E-state index in [4.69, 9.17) is 0 Å². The molecule has 2 aliphatic rings. The molecule has 2 aromatic heterocycles. The number of piperidine rings is 1. The maximum Gasteiger partial charge on any atom is 0.142 e. The van der Waals surface area contributed by atoms with Crippen LogP contribution >= 0.6 is 0 Å². The van der Waals surface area contributed by atoms with Crippen LogP contribution in [0.15, 0.2) is 18.6 Å². The number of anilines is 1. The first-order valence-electron chi connectivity index (χ1n) is 7.45. The Balaban J connectivity index is 1.62. The zero-order chi connectivity index (χ0) is 12.7. The molecule has 100 valence electrons. The lowest BCUT2D eigenvalue weighted by atomic mass is 9.73. The maximum atomic E-state index is 4.54. The Bertz CT molecular complexity index is 572. The highest BCUT2D eigenvalue weighted by atomic mass is 15.2. The third-order valence-electron chi connectivity index (χ3n) is 4.91. The number of fused-ring (bicyclic) bond motifs is 1. The summed E-state index contributed by atoms with van der Waals surface area (Å²) in [5, 5.41) is 1.16. The zero-order valence-electron chi connectivity index (χ0n) is 11.2. The van der Waals surface area contributed by atoms with Crippen LogP contribution in [0.3, 0.4) is 0 Å². The van der Waals surface area contributed by atoms with E-state index in [2.05, 4.69) is 25.9 Å². The van der Waals surface area contributed by atoms with E-state index in [1.807, 2.05) is 6.20 Å². The van der Waals surface area contributed by atoms with Gasteiger partial charge in [-0.05, 0) is 30.7 Å². The third-order valence-corrected chi connectivity index (χ3v) is 4.91. The number of aromatic nitrogens is 3. The minimum Gasteiger partial charge on any atom is -0.356 e. The van der Waals surface area contributed by atoms with E-state index >= 15 is 0 Å². The number of nitrogens with zero attached hydrogens (tertiary/aromatic N) is 3. The van der Waals surface area contributed by atoms with Crippen LogP contribution in [-0.2, 0) is 0 Å². The van der Waals surface area contributed by atoms with E-state index in [9.17, 15) is 0 Å². The summed E-state index contributed by atoms with van der Waals surface area (Å²) in [5.41, 5.74) is 0.954. The number of hydrogen-bond acceptors (Lipinski definition) is 3. The van der Waals surface area contributed by atoms with Gasteiger partial charge in [0.1, 0.15) is 17.8 Å². The van der Waals surface area contributed by atoms with Crippen molar-refractivity contribution in [2.24, 2.45) is 11.8 Å². The molecule has 1 aliphatic heterocycles. The summed E-state index contributed by atoms with van der Waals surface area (Å²) in [4.78, 5) is 14.5. The van der Waals surface area contributed by atoms with Crippen LogP contribution in [-0.4, -0.2) is 28.0 Å². The third kappa shape index (κ3) is 1.90. The zero-order valence-corrected chi connectivity index (χ0v) is 11.2. The molecule has 1 N–H and O–H groups in total. The fourth-order valence-corrected chi connectivity index (χ4v) is 3.61. The Morgan fingerprint density at radius 2 is 2.00 bits per heavy atom. The topological polar surface area (TPSA) is 44.8 Å². The number of aromatic amines is 1. The van der Waals surface area contributed by atoms with Gasteiger partial charge >= 0.3 is 0 Å². The minimum absolute atomic E-state index is 0.881. The predicted molar refractivity (Wildman–Crippen MR) is 76.2 cm³/mol. The van der Waals surface area contributed by atoms with Crippen molar-refractivity contribution in [3.63, 3.8) is 0 Å². The first-order valence-corrected chi connectivity index (χ1v) is 7.45. The Labute approximate surface area is 113 Å². The monoisotopic (exact) mass is 256 g/mol.